The van der Waals surface area contributed by atoms with Gasteiger partial charge in [0, 0.05) is 61.3 Å². The van der Waals surface area contributed by atoms with Crippen LogP contribution in [0.4, 0.5) is 22.9 Å². The first-order valence-corrected chi connectivity index (χ1v) is 18.5. The summed E-state index contributed by atoms with van der Waals surface area (Å²) in [5, 5.41) is 3.58. The molecule has 3 heterocycles. The zero-order chi connectivity index (χ0) is 30.1. The van der Waals surface area contributed by atoms with Crippen molar-refractivity contribution in [2.45, 2.75) is 63.3 Å². The third kappa shape index (κ3) is 6.59. The molecule has 2 aromatic carbocycles. The van der Waals surface area contributed by atoms with Crippen molar-refractivity contribution < 1.29 is 16.8 Å². The van der Waals surface area contributed by atoms with Crippen molar-refractivity contribution in [2.75, 3.05) is 52.5 Å². The molecule has 0 amide bonds. The zero-order valence-corrected chi connectivity index (χ0v) is 26.7. The van der Waals surface area contributed by atoms with E-state index in [0.29, 0.717) is 24.4 Å². The van der Waals surface area contributed by atoms with Gasteiger partial charge in [0.15, 0.2) is 9.84 Å². The van der Waals surface area contributed by atoms with Gasteiger partial charge in [0.1, 0.15) is 15.7 Å². The molecule has 8 nitrogen and oxygen atoms in total. The summed E-state index contributed by atoms with van der Waals surface area (Å²) in [6.07, 6.45) is 6.37. The Balaban J connectivity index is 1.36. The minimum Gasteiger partial charge on any atom is -0.371 e. The molecule has 3 aromatic rings. The summed E-state index contributed by atoms with van der Waals surface area (Å²) in [5.41, 5.74) is 6.55. The molecule has 0 bridgehead atoms. The normalized spacial score (nSPS) is 16.6. The lowest BCUT2D eigenvalue weighted by atomic mass is 9.77. The van der Waals surface area contributed by atoms with E-state index < -0.39 is 19.7 Å². The number of fused-ring (bicyclic) bond motifs is 2. The minimum absolute atomic E-state index is 0.0613. The lowest BCUT2D eigenvalue weighted by Gasteiger charge is -2.40. The smallest absolute Gasteiger partial charge is 0.177 e. The number of nitrogens with zero attached hydrogens (tertiary/aromatic N) is 3. The number of para-hydroxylation sites is 1. The highest BCUT2D eigenvalue weighted by Crippen LogP contribution is 2.42. The van der Waals surface area contributed by atoms with Crippen LogP contribution < -0.4 is 15.1 Å². The van der Waals surface area contributed by atoms with Crippen molar-refractivity contribution >= 4 is 42.6 Å². The molecule has 0 spiro atoms. The van der Waals surface area contributed by atoms with Gasteiger partial charge < -0.3 is 15.1 Å². The Hall–Kier alpha value is -3.11. The molecule has 2 aliphatic heterocycles. The van der Waals surface area contributed by atoms with E-state index in [1.807, 2.05) is 24.4 Å². The number of pyridine rings is 1. The van der Waals surface area contributed by atoms with E-state index in [1.54, 1.807) is 19.1 Å². The molecular formula is C32H42N4O4S2. The van der Waals surface area contributed by atoms with E-state index in [0.717, 1.165) is 60.7 Å². The van der Waals surface area contributed by atoms with Gasteiger partial charge in [0.2, 0.25) is 0 Å². The second kappa shape index (κ2) is 11.9. The summed E-state index contributed by atoms with van der Waals surface area (Å²) >= 11 is 0. The Morgan fingerprint density at radius 3 is 2.52 bits per heavy atom. The average Bonchev–Trinajstić information content (AvgIpc) is 2.96. The van der Waals surface area contributed by atoms with Gasteiger partial charge in [-0.15, -0.1) is 0 Å². The van der Waals surface area contributed by atoms with Gasteiger partial charge in [-0.05, 0) is 72.6 Å². The molecule has 0 unspecified atom stereocenters. The number of sulfone groups is 2. The minimum atomic E-state index is -3.34. The summed E-state index contributed by atoms with van der Waals surface area (Å²) in [7, 11) is -6.29. The van der Waals surface area contributed by atoms with E-state index in [4.69, 9.17) is 4.98 Å². The number of unbranched alkanes of at least 4 members (excludes halogenated alkanes) is 1. The van der Waals surface area contributed by atoms with Gasteiger partial charge in [-0.1, -0.05) is 39.0 Å². The number of hydrogen-bond donors (Lipinski definition) is 1. The number of benzene rings is 2. The molecule has 0 atom stereocenters. The summed E-state index contributed by atoms with van der Waals surface area (Å²) in [6.45, 7) is 9.35. The molecule has 0 aliphatic carbocycles. The quantitative estimate of drug-likeness (QED) is 0.301. The van der Waals surface area contributed by atoms with Gasteiger partial charge >= 0.3 is 0 Å². The van der Waals surface area contributed by atoms with Gasteiger partial charge in [-0.25, -0.2) is 21.8 Å². The Morgan fingerprint density at radius 2 is 1.76 bits per heavy atom. The van der Waals surface area contributed by atoms with E-state index in [2.05, 4.69) is 47.2 Å². The van der Waals surface area contributed by atoms with Gasteiger partial charge in [-0.3, -0.25) is 0 Å². The van der Waals surface area contributed by atoms with Crippen LogP contribution in [0.15, 0.2) is 59.6 Å². The highest BCUT2D eigenvalue weighted by Gasteiger charge is 2.31. The number of aromatic nitrogens is 1. The molecule has 226 valence electrons. The first-order valence-electron chi connectivity index (χ1n) is 14.8. The first-order chi connectivity index (χ1) is 19.9. The molecule has 1 N–H and O–H groups in total. The number of nitrogens with one attached hydrogen (secondary N) is 1. The number of hydrogen-bond acceptors (Lipinski definition) is 8. The van der Waals surface area contributed by atoms with Crippen molar-refractivity contribution in [3.63, 3.8) is 0 Å². The average molecular weight is 611 g/mol. The fraction of sp³-hybridized carbons (Fsp3) is 0.469. The first kappa shape index (κ1) is 30.4. The molecule has 5 rings (SSSR count). The van der Waals surface area contributed by atoms with Gasteiger partial charge in [0.05, 0.1) is 16.3 Å². The van der Waals surface area contributed by atoms with Crippen LogP contribution in [0.3, 0.4) is 0 Å². The van der Waals surface area contributed by atoms with Crippen LogP contribution in [0.5, 0.6) is 0 Å². The van der Waals surface area contributed by atoms with Crippen LogP contribution in [0.2, 0.25) is 0 Å². The standard InChI is InChI=1S/C32H42N4O4S2/c1-5-42(39,40)21-9-8-18-35-20-16-32(2,3)27-13-12-25(22-29(27)35)34-31-26-15-19-36(23-24(26)14-17-33-31)28-10-6-7-11-30(28)41(4,37)38/h6-7,10-14,17,22H,5,8-9,15-16,18-21,23H2,1-4H3,(H,33,34). The summed E-state index contributed by atoms with van der Waals surface area (Å²) in [5.74, 6) is 1.28. The maximum atomic E-state index is 12.4. The topological polar surface area (TPSA) is 99.7 Å². The Labute approximate surface area is 251 Å². The molecule has 1 aromatic heterocycles. The maximum absolute atomic E-state index is 12.4. The van der Waals surface area contributed by atoms with E-state index in [-0.39, 0.29) is 16.9 Å². The molecule has 10 heteroatoms. The SMILES string of the molecule is CCS(=O)(=O)CCCCN1CCC(C)(C)c2ccc(Nc3nccc4c3CCN(c3ccccc3S(C)(=O)=O)C4)cc21. The number of anilines is 4. The van der Waals surface area contributed by atoms with E-state index in [1.165, 1.54) is 17.5 Å². The molecule has 0 saturated heterocycles. The van der Waals surface area contributed by atoms with Gasteiger partial charge in [0.25, 0.3) is 0 Å². The molecular weight excluding hydrogens is 569 g/mol. The van der Waals surface area contributed by atoms with Crippen LogP contribution in [-0.2, 0) is 38.1 Å². The maximum Gasteiger partial charge on any atom is 0.177 e. The molecule has 2 aliphatic rings. The van der Waals surface area contributed by atoms with Crippen LogP contribution in [0.25, 0.3) is 0 Å². The van der Waals surface area contributed by atoms with Crippen molar-refractivity contribution in [1.29, 1.82) is 0 Å². The zero-order valence-electron chi connectivity index (χ0n) is 25.1. The molecule has 0 saturated carbocycles. The van der Waals surface area contributed by atoms with Crippen molar-refractivity contribution in [3.8, 4) is 0 Å². The molecule has 0 fully saturated rings. The Morgan fingerprint density at radius 1 is 0.976 bits per heavy atom. The lowest BCUT2D eigenvalue weighted by Crippen LogP contribution is -2.38. The Bertz CT molecular complexity index is 1670. The fourth-order valence-corrected chi connectivity index (χ4v) is 7.92. The van der Waals surface area contributed by atoms with Gasteiger partial charge in [-0.2, -0.15) is 0 Å². The summed E-state index contributed by atoms with van der Waals surface area (Å²) in [4.78, 5) is 9.58. The van der Waals surface area contributed by atoms with Crippen LogP contribution >= 0.6 is 0 Å². The third-order valence-electron chi connectivity index (χ3n) is 8.66. The highest BCUT2D eigenvalue weighted by molar-refractivity contribution is 7.91. The monoisotopic (exact) mass is 610 g/mol. The number of rotatable bonds is 10. The van der Waals surface area contributed by atoms with E-state index >= 15 is 0 Å². The van der Waals surface area contributed by atoms with Crippen LogP contribution in [-0.4, -0.2) is 59.2 Å². The summed E-state index contributed by atoms with van der Waals surface area (Å²) in [6, 6.07) is 15.8. The second-order valence-electron chi connectivity index (χ2n) is 12.1. The fourth-order valence-electron chi connectivity index (χ4n) is 6.09. The van der Waals surface area contributed by atoms with Crippen molar-refractivity contribution in [3.05, 3.63) is 71.4 Å². The molecule has 42 heavy (non-hydrogen) atoms. The summed E-state index contributed by atoms with van der Waals surface area (Å²) < 4.78 is 48.7. The predicted molar refractivity (Wildman–Crippen MR) is 172 cm³/mol. The predicted octanol–water partition coefficient (Wildman–Crippen LogP) is 5.49. The van der Waals surface area contributed by atoms with Crippen molar-refractivity contribution in [1.82, 2.24) is 4.98 Å². The van der Waals surface area contributed by atoms with Crippen LogP contribution in [0, 0.1) is 0 Å². The van der Waals surface area contributed by atoms with Crippen molar-refractivity contribution in [2.24, 2.45) is 0 Å². The molecule has 0 radical (unpaired) electrons. The second-order valence-corrected chi connectivity index (χ2v) is 16.6. The Kier molecular flexibility index (Phi) is 8.58. The van der Waals surface area contributed by atoms with Crippen LogP contribution in [0.1, 0.15) is 56.7 Å². The largest absolute Gasteiger partial charge is 0.371 e. The lowest BCUT2D eigenvalue weighted by molar-refractivity contribution is 0.451. The third-order valence-corrected chi connectivity index (χ3v) is 11.6. The van der Waals surface area contributed by atoms with E-state index in [9.17, 15) is 16.8 Å². The highest BCUT2D eigenvalue weighted by atomic mass is 32.2.